The van der Waals surface area contributed by atoms with E-state index in [1.54, 1.807) is 0 Å². The summed E-state index contributed by atoms with van der Waals surface area (Å²) in [6.45, 7) is 5.96. The highest BCUT2D eigenvalue weighted by molar-refractivity contribution is 5.81. The van der Waals surface area contributed by atoms with E-state index < -0.39 is 0 Å². The number of likely N-dealkylation sites (tertiary alicyclic amines) is 1. The summed E-state index contributed by atoms with van der Waals surface area (Å²) in [6.07, 6.45) is 1.80. The number of hydrogen-bond acceptors (Lipinski definition) is 2. The molecule has 1 aromatic heterocycles. The molecule has 4 heteroatoms. The van der Waals surface area contributed by atoms with Gasteiger partial charge in [0.1, 0.15) is 0 Å². The van der Waals surface area contributed by atoms with Gasteiger partial charge in [-0.3, -0.25) is 0 Å². The molecule has 3 rings (SSSR count). The number of hydrogen-bond donors (Lipinski definition) is 1. The van der Waals surface area contributed by atoms with Crippen molar-refractivity contribution >= 4 is 17.0 Å². The molecule has 4 nitrogen and oxygen atoms in total. The first kappa shape index (κ1) is 14.0. The number of fused-ring (bicyclic) bond motifs is 1. The molecule has 1 aliphatic rings. The molecule has 1 amide bonds. The smallest absolute Gasteiger partial charge is 0.409 e. The van der Waals surface area contributed by atoms with E-state index in [1.165, 1.54) is 22.2 Å². The van der Waals surface area contributed by atoms with Gasteiger partial charge in [-0.15, -0.1) is 0 Å². The summed E-state index contributed by atoms with van der Waals surface area (Å²) in [7, 11) is 0. The molecule has 0 radical (unpaired) electrons. The molecule has 0 bridgehead atoms. The number of aromatic amines is 1. The third-order valence-corrected chi connectivity index (χ3v) is 4.26. The van der Waals surface area contributed by atoms with Gasteiger partial charge in [0, 0.05) is 30.2 Å². The molecule has 112 valence electrons. The Kier molecular flexibility index (Phi) is 3.86. The Morgan fingerprint density at radius 3 is 2.81 bits per heavy atom. The first-order chi connectivity index (χ1) is 10.2. The van der Waals surface area contributed by atoms with E-state index >= 15 is 0 Å². The summed E-state index contributed by atoms with van der Waals surface area (Å²) >= 11 is 0. The van der Waals surface area contributed by atoms with Crippen molar-refractivity contribution in [3.05, 3.63) is 35.5 Å². The van der Waals surface area contributed by atoms with Crippen LogP contribution in [-0.2, 0) is 4.74 Å². The maximum Gasteiger partial charge on any atom is 0.409 e. The highest BCUT2D eigenvalue weighted by Gasteiger charge is 2.25. The molecule has 1 fully saturated rings. The number of aromatic nitrogens is 1. The van der Waals surface area contributed by atoms with Crippen LogP contribution in [0.15, 0.2) is 24.3 Å². The van der Waals surface area contributed by atoms with E-state index in [0.717, 1.165) is 25.9 Å². The highest BCUT2D eigenvalue weighted by atomic mass is 16.6. The van der Waals surface area contributed by atoms with Gasteiger partial charge in [0.25, 0.3) is 0 Å². The number of carbonyl (C=O) groups is 1. The number of nitrogens with zero attached hydrogens (tertiary/aromatic N) is 1. The number of piperidine rings is 1. The molecule has 1 saturated heterocycles. The van der Waals surface area contributed by atoms with Crippen molar-refractivity contribution in [3.63, 3.8) is 0 Å². The van der Waals surface area contributed by atoms with E-state index in [9.17, 15) is 4.79 Å². The zero-order valence-corrected chi connectivity index (χ0v) is 12.7. The van der Waals surface area contributed by atoms with Gasteiger partial charge in [-0.2, -0.15) is 0 Å². The third-order valence-electron chi connectivity index (χ3n) is 4.26. The van der Waals surface area contributed by atoms with Crippen LogP contribution in [0.3, 0.4) is 0 Å². The topological polar surface area (TPSA) is 45.3 Å². The van der Waals surface area contributed by atoms with Crippen molar-refractivity contribution in [2.24, 2.45) is 0 Å². The van der Waals surface area contributed by atoms with Gasteiger partial charge < -0.3 is 14.6 Å². The summed E-state index contributed by atoms with van der Waals surface area (Å²) in [5.74, 6) is 0.503. The first-order valence-electron chi connectivity index (χ1n) is 7.68. The van der Waals surface area contributed by atoms with Crippen molar-refractivity contribution in [3.8, 4) is 0 Å². The molecule has 1 aliphatic heterocycles. The fraction of sp³-hybridized carbons (Fsp3) is 0.471. The Balaban J connectivity index is 1.69. The van der Waals surface area contributed by atoms with Gasteiger partial charge in [0.15, 0.2) is 0 Å². The second-order valence-corrected chi connectivity index (χ2v) is 5.78. The summed E-state index contributed by atoms with van der Waals surface area (Å²) in [6, 6.07) is 8.74. The Morgan fingerprint density at radius 1 is 1.33 bits per heavy atom. The summed E-state index contributed by atoms with van der Waals surface area (Å²) in [5, 5.41) is 1.28. The molecule has 1 N–H and O–H groups in total. The molecule has 0 saturated carbocycles. The fourth-order valence-corrected chi connectivity index (χ4v) is 3.08. The molecule has 0 spiro atoms. The van der Waals surface area contributed by atoms with Crippen molar-refractivity contribution in [1.29, 1.82) is 0 Å². The molecule has 0 unspecified atom stereocenters. The second-order valence-electron chi connectivity index (χ2n) is 5.78. The molecule has 21 heavy (non-hydrogen) atoms. The Hall–Kier alpha value is -1.97. The van der Waals surface area contributed by atoms with E-state index in [0.29, 0.717) is 12.5 Å². The number of carbonyl (C=O) groups excluding carboxylic acids is 1. The third kappa shape index (κ3) is 2.89. The molecule has 2 aromatic rings. The van der Waals surface area contributed by atoms with Crippen LogP contribution in [-0.4, -0.2) is 35.7 Å². The van der Waals surface area contributed by atoms with E-state index in [-0.39, 0.29) is 6.09 Å². The second kappa shape index (κ2) is 5.80. The number of amides is 1. The van der Waals surface area contributed by atoms with Crippen LogP contribution >= 0.6 is 0 Å². The van der Waals surface area contributed by atoms with Crippen LogP contribution in [0.25, 0.3) is 10.9 Å². The number of ether oxygens (including phenoxy) is 1. The van der Waals surface area contributed by atoms with Gasteiger partial charge in [-0.05, 0) is 50.3 Å². The van der Waals surface area contributed by atoms with Crippen LogP contribution in [0.1, 0.15) is 36.9 Å². The van der Waals surface area contributed by atoms with Crippen molar-refractivity contribution in [2.75, 3.05) is 19.7 Å². The molecule has 0 aliphatic carbocycles. The minimum atomic E-state index is -0.178. The van der Waals surface area contributed by atoms with Gasteiger partial charge in [0.2, 0.25) is 0 Å². The van der Waals surface area contributed by atoms with Crippen LogP contribution in [0, 0.1) is 6.92 Å². The van der Waals surface area contributed by atoms with Gasteiger partial charge in [0.05, 0.1) is 6.61 Å². The first-order valence-corrected chi connectivity index (χ1v) is 7.68. The minimum Gasteiger partial charge on any atom is -0.450 e. The summed E-state index contributed by atoms with van der Waals surface area (Å²) in [4.78, 5) is 17.1. The molecular weight excluding hydrogens is 264 g/mol. The minimum absolute atomic E-state index is 0.178. The zero-order valence-electron chi connectivity index (χ0n) is 12.7. The standard InChI is InChI=1S/C17H22N2O2/c1-3-21-17(20)19-8-6-13(7-9-19)16-11-14-10-12(2)4-5-15(14)18-16/h4-5,10-11,13,18H,3,6-9H2,1-2H3. The van der Waals surface area contributed by atoms with E-state index in [4.69, 9.17) is 4.74 Å². The number of rotatable bonds is 2. The fourth-order valence-electron chi connectivity index (χ4n) is 3.08. The lowest BCUT2D eigenvalue weighted by Crippen LogP contribution is -2.38. The number of nitrogens with one attached hydrogen (secondary N) is 1. The predicted octanol–water partition coefficient (Wildman–Crippen LogP) is 3.81. The van der Waals surface area contributed by atoms with E-state index in [1.807, 2.05) is 11.8 Å². The van der Waals surface area contributed by atoms with E-state index in [2.05, 4.69) is 36.2 Å². The van der Waals surface area contributed by atoms with Gasteiger partial charge in [-0.25, -0.2) is 4.79 Å². The molecule has 0 atom stereocenters. The lowest BCUT2D eigenvalue weighted by atomic mass is 9.94. The molecule has 2 heterocycles. The van der Waals surface area contributed by atoms with Gasteiger partial charge in [-0.1, -0.05) is 11.6 Å². The number of benzene rings is 1. The summed E-state index contributed by atoms with van der Waals surface area (Å²) in [5.41, 5.74) is 3.77. The van der Waals surface area contributed by atoms with Crippen LogP contribution < -0.4 is 0 Å². The van der Waals surface area contributed by atoms with Crippen molar-refractivity contribution < 1.29 is 9.53 Å². The maximum absolute atomic E-state index is 11.7. The maximum atomic E-state index is 11.7. The van der Waals surface area contributed by atoms with Crippen molar-refractivity contribution in [1.82, 2.24) is 9.88 Å². The lowest BCUT2D eigenvalue weighted by Gasteiger charge is -2.30. The molecule has 1 aromatic carbocycles. The van der Waals surface area contributed by atoms with Crippen LogP contribution in [0.2, 0.25) is 0 Å². The predicted molar refractivity (Wildman–Crippen MR) is 83.6 cm³/mol. The molecular formula is C17H22N2O2. The SMILES string of the molecule is CCOC(=O)N1CCC(c2cc3cc(C)ccc3[nH]2)CC1. The Morgan fingerprint density at radius 2 is 2.10 bits per heavy atom. The largest absolute Gasteiger partial charge is 0.450 e. The summed E-state index contributed by atoms with van der Waals surface area (Å²) < 4.78 is 5.06. The van der Waals surface area contributed by atoms with Crippen molar-refractivity contribution in [2.45, 2.75) is 32.6 Å². The Bertz CT molecular complexity index is 639. The zero-order chi connectivity index (χ0) is 14.8. The normalized spacial score (nSPS) is 16.4. The lowest BCUT2D eigenvalue weighted by molar-refractivity contribution is 0.0969. The number of aryl methyl sites for hydroxylation is 1. The highest BCUT2D eigenvalue weighted by Crippen LogP contribution is 2.30. The Labute approximate surface area is 125 Å². The number of H-pyrrole nitrogens is 1. The average molecular weight is 286 g/mol. The van der Waals surface area contributed by atoms with Crippen LogP contribution in [0.5, 0.6) is 0 Å². The van der Waals surface area contributed by atoms with Crippen LogP contribution in [0.4, 0.5) is 4.79 Å². The quantitative estimate of drug-likeness (QED) is 0.912. The monoisotopic (exact) mass is 286 g/mol. The average Bonchev–Trinajstić information content (AvgIpc) is 2.90. The van der Waals surface area contributed by atoms with Gasteiger partial charge >= 0.3 is 6.09 Å².